The summed E-state index contributed by atoms with van der Waals surface area (Å²) in [6, 6.07) is 13.2. The maximum atomic E-state index is 9.16. The molecule has 20 heavy (non-hydrogen) atoms. The minimum Gasteiger partial charge on any atom is -0.329 e. The molecule has 0 unspecified atom stereocenters. The van der Waals surface area contributed by atoms with Crippen LogP contribution in [0.25, 0.3) is 16.7 Å². The summed E-state index contributed by atoms with van der Waals surface area (Å²) in [5.74, 6) is 0. The second kappa shape index (κ2) is 5.06. The number of H-pyrrole nitrogens is 1. The van der Waals surface area contributed by atoms with Gasteiger partial charge in [-0.3, -0.25) is 4.57 Å². The number of hydrogen-bond acceptors (Lipinski definition) is 2. The summed E-state index contributed by atoms with van der Waals surface area (Å²) in [6.45, 7) is 0. The summed E-state index contributed by atoms with van der Waals surface area (Å²) in [5.41, 5.74) is 3.04. The van der Waals surface area contributed by atoms with E-state index in [1.165, 1.54) is 0 Å². The molecule has 1 N–H and O–H groups in total. The number of hydrogen-bond donors (Lipinski definition) is 1. The van der Waals surface area contributed by atoms with Crippen molar-refractivity contribution in [3.8, 4) is 11.8 Å². The van der Waals surface area contributed by atoms with Crippen LogP contribution in [-0.4, -0.2) is 9.55 Å². The summed E-state index contributed by atoms with van der Waals surface area (Å²) >= 11 is 14.8. The van der Waals surface area contributed by atoms with Gasteiger partial charge in [-0.25, -0.2) is 0 Å². The molecule has 98 valence electrons. The fraction of sp³-hybridized carbons (Fsp3) is 0. The first-order valence-electron chi connectivity index (χ1n) is 5.71. The van der Waals surface area contributed by atoms with E-state index in [1.54, 1.807) is 12.1 Å². The first kappa shape index (κ1) is 13.4. The standard InChI is InChI=1S/C14H7BrClN3S/c15-10-6-9(16)4-5-11(10)19-12-3-1-2-8(7-17)13(12)18-14(19)20/h1-6H,(H,18,20). The molecule has 1 aromatic heterocycles. The van der Waals surface area contributed by atoms with Gasteiger partial charge < -0.3 is 4.98 Å². The lowest BCUT2D eigenvalue weighted by Gasteiger charge is -2.07. The zero-order valence-corrected chi connectivity index (χ0v) is 13.2. The Morgan fingerprint density at radius 2 is 2.10 bits per heavy atom. The van der Waals surface area contributed by atoms with Gasteiger partial charge in [0.2, 0.25) is 0 Å². The predicted molar refractivity (Wildman–Crippen MR) is 85.9 cm³/mol. The number of aromatic nitrogens is 2. The summed E-state index contributed by atoms with van der Waals surface area (Å²) in [6.07, 6.45) is 0. The lowest BCUT2D eigenvalue weighted by molar-refractivity contribution is 1.06. The van der Waals surface area contributed by atoms with Crippen molar-refractivity contribution in [2.24, 2.45) is 0 Å². The first-order valence-corrected chi connectivity index (χ1v) is 7.29. The Labute approximate surface area is 133 Å². The van der Waals surface area contributed by atoms with E-state index in [9.17, 15) is 0 Å². The zero-order chi connectivity index (χ0) is 14.3. The Morgan fingerprint density at radius 1 is 1.30 bits per heavy atom. The molecular formula is C14H7BrClN3S. The van der Waals surface area contributed by atoms with Crippen LogP contribution in [0.5, 0.6) is 0 Å². The number of aromatic amines is 1. The van der Waals surface area contributed by atoms with E-state index < -0.39 is 0 Å². The maximum absolute atomic E-state index is 9.16. The molecule has 3 aromatic rings. The van der Waals surface area contributed by atoms with Gasteiger partial charge in [-0.1, -0.05) is 17.7 Å². The number of benzene rings is 2. The van der Waals surface area contributed by atoms with E-state index in [2.05, 4.69) is 27.0 Å². The average Bonchev–Trinajstić information content (AvgIpc) is 2.75. The summed E-state index contributed by atoms with van der Waals surface area (Å²) in [4.78, 5) is 3.09. The molecule has 6 heteroatoms. The second-order valence-electron chi connectivity index (χ2n) is 4.17. The Bertz CT molecular complexity index is 920. The van der Waals surface area contributed by atoms with E-state index in [-0.39, 0.29) is 0 Å². The smallest absolute Gasteiger partial charge is 0.182 e. The van der Waals surface area contributed by atoms with E-state index in [0.29, 0.717) is 15.4 Å². The minimum absolute atomic E-state index is 0.533. The number of nitriles is 1. The number of nitrogens with one attached hydrogen (secondary N) is 1. The molecule has 0 aliphatic heterocycles. The van der Waals surface area contributed by atoms with Crippen molar-refractivity contribution in [1.82, 2.24) is 9.55 Å². The first-order chi connectivity index (χ1) is 9.61. The highest BCUT2D eigenvalue weighted by molar-refractivity contribution is 9.10. The SMILES string of the molecule is N#Cc1cccc2c1[nH]c(=S)n2-c1ccc(Cl)cc1Br. The summed E-state index contributed by atoms with van der Waals surface area (Å²) in [5, 5.41) is 9.80. The molecule has 0 radical (unpaired) electrons. The van der Waals surface area contributed by atoms with Crippen molar-refractivity contribution in [2.75, 3.05) is 0 Å². The van der Waals surface area contributed by atoms with Gasteiger partial charge in [-0.15, -0.1) is 0 Å². The van der Waals surface area contributed by atoms with Gasteiger partial charge in [0.05, 0.1) is 22.3 Å². The molecule has 0 bridgehead atoms. The molecule has 0 fully saturated rings. The number of rotatable bonds is 1. The van der Waals surface area contributed by atoms with E-state index in [0.717, 1.165) is 21.2 Å². The third-order valence-electron chi connectivity index (χ3n) is 2.99. The Kier molecular flexibility index (Phi) is 3.38. The number of para-hydroxylation sites is 1. The van der Waals surface area contributed by atoms with Crippen LogP contribution >= 0.6 is 39.7 Å². The van der Waals surface area contributed by atoms with Gasteiger partial charge in [-0.05, 0) is 58.5 Å². The normalized spacial score (nSPS) is 10.7. The number of halogens is 2. The average molecular weight is 365 g/mol. The lowest BCUT2D eigenvalue weighted by atomic mass is 10.2. The summed E-state index contributed by atoms with van der Waals surface area (Å²) < 4.78 is 3.25. The monoisotopic (exact) mass is 363 g/mol. The number of nitrogens with zero attached hydrogens (tertiary/aromatic N) is 2. The van der Waals surface area contributed by atoms with Crippen molar-refractivity contribution in [2.45, 2.75) is 0 Å². The molecule has 0 aliphatic carbocycles. The van der Waals surface area contributed by atoms with Crippen LogP contribution in [0.15, 0.2) is 40.9 Å². The highest BCUT2D eigenvalue weighted by Gasteiger charge is 2.12. The zero-order valence-electron chi connectivity index (χ0n) is 10.0. The van der Waals surface area contributed by atoms with Crippen LogP contribution in [0.4, 0.5) is 0 Å². The van der Waals surface area contributed by atoms with Gasteiger partial charge in [0.25, 0.3) is 0 Å². The van der Waals surface area contributed by atoms with Crippen molar-refractivity contribution < 1.29 is 0 Å². The van der Waals surface area contributed by atoms with Crippen LogP contribution in [0, 0.1) is 16.1 Å². The third-order valence-corrected chi connectivity index (χ3v) is 4.14. The van der Waals surface area contributed by atoms with Gasteiger partial charge in [-0.2, -0.15) is 5.26 Å². The topological polar surface area (TPSA) is 44.5 Å². The van der Waals surface area contributed by atoms with E-state index in [4.69, 9.17) is 29.1 Å². The van der Waals surface area contributed by atoms with Crippen molar-refractivity contribution in [3.63, 3.8) is 0 Å². The van der Waals surface area contributed by atoms with Crippen LogP contribution in [0.2, 0.25) is 5.02 Å². The Balaban J connectivity index is 2.41. The van der Waals surface area contributed by atoms with Gasteiger partial charge in [0.1, 0.15) is 6.07 Å². The van der Waals surface area contributed by atoms with Crippen LogP contribution in [-0.2, 0) is 0 Å². The molecular weight excluding hydrogens is 358 g/mol. The third kappa shape index (κ3) is 2.06. The molecule has 0 atom stereocenters. The maximum Gasteiger partial charge on any atom is 0.182 e. The Morgan fingerprint density at radius 3 is 2.80 bits per heavy atom. The quantitative estimate of drug-likeness (QED) is 0.619. The molecule has 0 saturated carbocycles. The van der Waals surface area contributed by atoms with E-state index >= 15 is 0 Å². The van der Waals surface area contributed by atoms with Crippen LogP contribution in [0.3, 0.4) is 0 Å². The molecule has 3 nitrogen and oxygen atoms in total. The van der Waals surface area contributed by atoms with Gasteiger partial charge in [0.15, 0.2) is 4.77 Å². The highest BCUT2D eigenvalue weighted by atomic mass is 79.9. The number of fused-ring (bicyclic) bond motifs is 1. The van der Waals surface area contributed by atoms with Crippen LogP contribution in [0.1, 0.15) is 5.56 Å². The fourth-order valence-electron chi connectivity index (χ4n) is 2.13. The van der Waals surface area contributed by atoms with Gasteiger partial charge in [0, 0.05) is 9.50 Å². The molecule has 0 saturated heterocycles. The van der Waals surface area contributed by atoms with Crippen molar-refractivity contribution in [3.05, 3.63) is 56.2 Å². The second-order valence-corrected chi connectivity index (χ2v) is 5.85. The lowest BCUT2D eigenvalue weighted by Crippen LogP contribution is -1.95. The predicted octanol–water partition coefficient (Wildman–Crippen LogP) is 4.98. The molecule has 0 aliphatic rings. The molecule has 0 spiro atoms. The summed E-state index contributed by atoms with van der Waals surface area (Å²) in [7, 11) is 0. The fourth-order valence-corrected chi connectivity index (χ4v) is 3.28. The molecule has 1 heterocycles. The molecule has 0 amide bonds. The molecule has 3 rings (SSSR count). The van der Waals surface area contributed by atoms with Crippen molar-refractivity contribution >= 4 is 50.8 Å². The Hall–Kier alpha value is -1.61. The largest absolute Gasteiger partial charge is 0.329 e. The van der Waals surface area contributed by atoms with Crippen molar-refractivity contribution in [1.29, 1.82) is 5.26 Å². The highest BCUT2D eigenvalue weighted by Crippen LogP contribution is 2.29. The van der Waals surface area contributed by atoms with Gasteiger partial charge >= 0.3 is 0 Å². The number of imidazole rings is 1. The minimum atomic E-state index is 0.533. The van der Waals surface area contributed by atoms with E-state index in [1.807, 2.05) is 28.8 Å². The molecule has 2 aromatic carbocycles. The van der Waals surface area contributed by atoms with Crippen LogP contribution < -0.4 is 0 Å².